The van der Waals surface area contributed by atoms with E-state index in [0.717, 1.165) is 60.5 Å². The molecule has 8 saturated carbocycles. The van der Waals surface area contributed by atoms with Crippen LogP contribution in [0.4, 0.5) is 0 Å². The molecular formula is C52H70N2O4S. The Morgan fingerprint density at radius 2 is 0.966 bits per heavy atom. The van der Waals surface area contributed by atoms with Gasteiger partial charge in [0.2, 0.25) is 11.8 Å². The first kappa shape index (κ1) is 42.2. The van der Waals surface area contributed by atoms with Crippen LogP contribution in [0.3, 0.4) is 0 Å². The predicted octanol–water partition coefficient (Wildman–Crippen LogP) is 10.3. The molecule has 0 atom stereocenters. The molecule has 0 saturated heterocycles. The minimum atomic E-state index is -3.21. The Labute approximate surface area is 355 Å². The molecule has 0 aromatic heterocycles. The number of carbonyl (C=O) groups excluding carboxylic acids is 2. The fraction of sp³-hybridized carbons (Fsp3) is 0.615. The van der Waals surface area contributed by atoms with E-state index in [1.807, 2.05) is 0 Å². The maximum absolute atomic E-state index is 13.3. The van der Waals surface area contributed by atoms with Gasteiger partial charge in [-0.25, -0.2) is 8.42 Å². The second-order valence-corrected chi connectivity index (χ2v) is 22.3. The molecule has 6 nitrogen and oxygen atoms in total. The number of carbonyl (C=O) groups is 2. The largest absolute Gasteiger partial charge is 0.356 e. The van der Waals surface area contributed by atoms with Gasteiger partial charge in [0.1, 0.15) is 0 Å². The van der Waals surface area contributed by atoms with Crippen LogP contribution in [0.1, 0.15) is 121 Å². The maximum Gasteiger partial charge on any atom is 0.221 e. The van der Waals surface area contributed by atoms with Gasteiger partial charge in [-0.15, -0.1) is 0 Å². The van der Waals surface area contributed by atoms with E-state index in [2.05, 4.69) is 99.0 Å². The lowest BCUT2D eigenvalue weighted by Crippen LogP contribution is -2.59. The summed E-state index contributed by atoms with van der Waals surface area (Å²) in [7, 11) is -3.21. The Kier molecular flexibility index (Phi) is 12.3. The van der Waals surface area contributed by atoms with Crippen LogP contribution in [0.5, 0.6) is 0 Å². The number of hydrogen-bond acceptors (Lipinski definition) is 4. The molecule has 318 valence electrons. The lowest BCUT2D eigenvalue weighted by atomic mass is 9.41. The second kappa shape index (κ2) is 17.1. The summed E-state index contributed by atoms with van der Waals surface area (Å²) >= 11 is 0. The van der Waals surface area contributed by atoms with Crippen LogP contribution in [0.15, 0.2) is 89.8 Å². The summed E-state index contributed by atoms with van der Waals surface area (Å²) in [6.07, 6.45) is 15.1. The SMILES string of the molecule is CC1C2CC3CC1CC(C2)C3(CC(=O)NCc1ccc(S(C)(=O)=O)cc1)c1ccccc1.CCC(CC)CNC(=O)CC1(c2ccccc2)C2CC3CC1CC(C2)C3C. The second-order valence-electron chi connectivity index (χ2n) is 20.3. The van der Waals surface area contributed by atoms with Crippen molar-refractivity contribution in [1.82, 2.24) is 10.6 Å². The van der Waals surface area contributed by atoms with Crippen molar-refractivity contribution in [3.63, 3.8) is 0 Å². The van der Waals surface area contributed by atoms with Crippen LogP contribution in [0.2, 0.25) is 0 Å². The molecule has 3 aromatic carbocycles. The monoisotopic (exact) mass is 819 g/mol. The zero-order chi connectivity index (χ0) is 41.5. The standard InChI is InChI=1S/C27H33NO3S.C25H37NO/c1-18-20-12-23-14-21(18)15-24(13-20)27(23,22-6-4-3-5-7-22)16-26(29)28-17-19-8-10-25(11-9-19)32(2,30)31;1-4-18(5-2)16-26-24(27)15-25(21-9-7-6-8-10-21)22-11-19-12-23(25)14-20(13-22)17(19)3/h3-11,18,20-21,23-24H,12-17H2,1-2H3,(H,28,29);6-10,17-20,22-23H,4-5,11-16H2,1-3H3,(H,26,27). The van der Waals surface area contributed by atoms with Gasteiger partial charge in [-0.2, -0.15) is 0 Å². The highest BCUT2D eigenvalue weighted by Crippen LogP contribution is 2.67. The zero-order valence-electron chi connectivity index (χ0n) is 36.4. The number of rotatable bonds is 13. The fourth-order valence-corrected chi connectivity index (χ4v) is 14.9. The molecule has 8 fully saturated rings. The first-order valence-corrected chi connectivity index (χ1v) is 25.2. The molecular weight excluding hydrogens is 749 g/mol. The molecule has 0 radical (unpaired) electrons. The fourth-order valence-electron chi connectivity index (χ4n) is 14.3. The van der Waals surface area contributed by atoms with E-state index in [9.17, 15) is 18.0 Å². The van der Waals surface area contributed by atoms with Crippen LogP contribution in [0.25, 0.3) is 0 Å². The Morgan fingerprint density at radius 3 is 1.32 bits per heavy atom. The zero-order valence-corrected chi connectivity index (χ0v) is 37.2. The first-order chi connectivity index (χ1) is 28.3. The Balaban J connectivity index is 0.000000167. The van der Waals surface area contributed by atoms with Gasteiger partial charge in [0.05, 0.1) is 4.90 Å². The van der Waals surface area contributed by atoms with Crippen LogP contribution < -0.4 is 10.6 Å². The molecule has 7 heteroatoms. The molecule has 0 spiro atoms. The minimum absolute atomic E-state index is 0.0569. The van der Waals surface area contributed by atoms with Crippen LogP contribution in [0, 0.1) is 65.1 Å². The maximum atomic E-state index is 13.3. The summed E-state index contributed by atoms with van der Waals surface area (Å²) in [5, 5.41) is 6.44. The van der Waals surface area contributed by atoms with E-state index in [0.29, 0.717) is 53.9 Å². The van der Waals surface area contributed by atoms with Crippen LogP contribution >= 0.6 is 0 Å². The Hall–Kier alpha value is -3.45. The average molecular weight is 819 g/mol. The van der Waals surface area contributed by atoms with Crippen molar-refractivity contribution in [2.45, 2.75) is 127 Å². The third kappa shape index (κ3) is 8.08. The summed E-state index contributed by atoms with van der Waals surface area (Å²) in [5.41, 5.74) is 3.71. The van der Waals surface area contributed by atoms with Gasteiger partial charge in [0.15, 0.2) is 9.84 Å². The molecule has 2 N–H and O–H groups in total. The number of benzene rings is 3. The van der Waals surface area contributed by atoms with Crippen molar-refractivity contribution in [1.29, 1.82) is 0 Å². The third-order valence-electron chi connectivity index (χ3n) is 17.7. The van der Waals surface area contributed by atoms with E-state index >= 15 is 0 Å². The van der Waals surface area contributed by atoms with E-state index in [-0.39, 0.29) is 22.6 Å². The molecule has 3 aromatic rings. The molecule has 8 aliphatic carbocycles. The third-order valence-corrected chi connectivity index (χ3v) is 18.8. The quantitative estimate of drug-likeness (QED) is 0.180. The normalized spacial score (nSPS) is 34.9. The summed E-state index contributed by atoms with van der Waals surface area (Å²) in [6.45, 7) is 10.6. The van der Waals surface area contributed by atoms with Crippen molar-refractivity contribution >= 4 is 21.7 Å². The molecule has 0 aliphatic heterocycles. The number of hydrogen-bond donors (Lipinski definition) is 2. The molecule has 11 rings (SSSR count). The van der Waals surface area contributed by atoms with Gasteiger partial charge in [0.25, 0.3) is 0 Å². The summed E-state index contributed by atoms with van der Waals surface area (Å²) in [5.74, 6) is 8.73. The number of nitrogens with one attached hydrogen (secondary N) is 2. The highest BCUT2D eigenvalue weighted by molar-refractivity contribution is 7.90. The molecule has 2 amide bonds. The van der Waals surface area contributed by atoms with E-state index in [1.54, 1.807) is 24.3 Å². The van der Waals surface area contributed by atoms with Gasteiger partial charge in [-0.05, 0) is 145 Å². The van der Waals surface area contributed by atoms with Crippen LogP contribution in [-0.2, 0) is 36.8 Å². The summed E-state index contributed by atoms with van der Waals surface area (Å²) in [6, 6.07) is 28.6. The Morgan fingerprint density at radius 1 is 0.593 bits per heavy atom. The lowest BCUT2D eigenvalue weighted by molar-refractivity contribution is -0.133. The topological polar surface area (TPSA) is 92.3 Å². The van der Waals surface area contributed by atoms with Gasteiger partial charge in [0, 0.05) is 43.0 Å². The molecule has 0 unspecified atom stereocenters. The van der Waals surface area contributed by atoms with Crippen molar-refractivity contribution in [2.24, 2.45) is 65.1 Å². The van der Waals surface area contributed by atoms with Crippen molar-refractivity contribution in [3.8, 4) is 0 Å². The van der Waals surface area contributed by atoms with Crippen LogP contribution in [-0.4, -0.2) is 33.0 Å². The summed E-state index contributed by atoms with van der Waals surface area (Å²) < 4.78 is 23.3. The number of sulfone groups is 1. The number of amides is 2. The molecule has 0 heterocycles. The van der Waals surface area contributed by atoms with Crippen molar-refractivity contribution in [3.05, 3.63) is 102 Å². The highest BCUT2D eigenvalue weighted by Gasteiger charge is 2.61. The molecule has 8 bridgehead atoms. The van der Waals surface area contributed by atoms with Crippen molar-refractivity contribution < 1.29 is 18.0 Å². The molecule has 59 heavy (non-hydrogen) atoms. The molecule has 8 aliphatic rings. The smallest absolute Gasteiger partial charge is 0.221 e. The Bertz CT molecular complexity index is 1970. The lowest BCUT2D eigenvalue weighted by Gasteiger charge is -2.63. The van der Waals surface area contributed by atoms with E-state index in [1.165, 1.54) is 68.7 Å². The average Bonchev–Trinajstić information content (AvgIpc) is 3.22. The van der Waals surface area contributed by atoms with E-state index in [4.69, 9.17) is 0 Å². The van der Waals surface area contributed by atoms with Crippen molar-refractivity contribution in [2.75, 3.05) is 12.8 Å². The van der Waals surface area contributed by atoms with E-state index < -0.39 is 9.84 Å². The van der Waals surface area contributed by atoms with Gasteiger partial charge in [-0.1, -0.05) is 113 Å². The highest BCUT2D eigenvalue weighted by atomic mass is 32.2. The van der Waals surface area contributed by atoms with Gasteiger partial charge in [-0.3, -0.25) is 9.59 Å². The predicted molar refractivity (Wildman–Crippen MR) is 237 cm³/mol. The summed E-state index contributed by atoms with van der Waals surface area (Å²) in [4.78, 5) is 26.7. The minimum Gasteiger partial charge on any atom is -0.356 e. The first-order valence-electron chi connectivity index (χ1n) is 23.3. The van der Waals surface area contributed by atoms with Gasteiger partial charge < -0.3 is 10.6 Å². The van der Waals surface area contributed by atoms with Gasteiger partial charge >= 0.3 is 0 Å².